The number of hydrogen-bond acceptors (Lipinski definition) is 2. The first-order chi connectivity index (χ1) is 8.10. The van der Waals surface area contributed by atoms with Gasteiger partial charge in [0.15, 0.2) is 0 Å². The van der Waals surface area contributed by atoms with Gasteiger partial charge in [-0.1, -0.05) is 24.6 Å². The molecule has 0 saturated heterocycles. The number of carbonyl (C=O) groups is 1. The highest BCUT2D eigenvalue weighted by atomic mass is 35.5. The monoisotopic (exact) mass is 250 g/mol. The Bertz CT molecular complexity index is 431. The summed E-state index contributed by atoms with van der Waals surface area (Å²) in [6, 6.07) is 4.92. The topological polar surface area (TPSA) is 55.1 Å². The van der Waals surface area contributed by atoms with Crippen LogP contribution >= 0.6 is 11.6 Å². The van der Waals surface area contributed by atoms with Gasteiger partial charge in [-0.2, -0.15) is 0 Å². The number of nitrogens with two attached hydrogens (primary N) is 1. The molecule has 0 saturated carbocycles. The molecule has 1 rings (SSSR count). The molecule has 0 heterocycles. The van der Waals surface area contributed by atoms with E-state index in [4.69, 9.17) is 23.8 Å². The second kappa shape index (κ2) is 6.17. The Kier molecular flexibility index (Phi) is 4.86. The van der Waals surface area contributed by atoms with Crippen LogP contribution in [0.3, 0.4) is 0 Å². The summed E-state index contributed by atoms with van der Waals surface area (Å²) in [6.45, 7) is 1.96. The zero-order valence-corrected chi connectivity index (χ0v) is 10.4. The van der Waals surface area contributed by atoms with Gasteiger partial charge in [-0.25, -0.2) is 0 Å². The van der Waals surface area contributed by atoms with Crippen molar-refractivity contribution in [3.05, 3.63) is 28.8 Å². The number of benzene rings is 1. The van der Waals surface area contributed by atoms with E-state index in [0.717, 1.165) is 6.42 Å². The maximum absolute atomic E-state index is 12.0. The molecule has 0 radical (unpaired) electrons. The van der Waals surface area contributed by atoms with Crippen molar-refractivity contribution in [2.75, 3.05) is 5.73 Å². The number of nitrogens with one attached hydrogen (secondary N) is 1. The molecule has 3 N–H and O–H groups in total. The van der Waals surface area contributed by atoms with Crippen molar-refractivity contribution in [1.82, 2.24) is 5.32 Å². The molecule has 90 valence electrons. The minimum atomic E-state index is -0.282. The zero-order chi connectivity index (χ0) is 12.8. The third-order valence-corrected chi connectivity index (χ3v) is 2.78. The van der Waals surface area contributed by atoms with Crippen LogP contribution in [0.25, 0.3) is 0 Å². The Morgan fingerprint density at radius 3 is 2.88 bits per heavy atom. The summed E-state index contributed by atoms with van der Waals surface area (Å²) in [4.78, 5) is 12.0. The van der Waals surface area contributed by atoms with E-state index in [0.29, 0.717) is 22.7 Å². The van der Waals surface area contributed by atoms with Crippen molar-refractivity contribution < 1.29 is 4.79 Å². The van der Waals surface area contributed by atoms with Crippen LogP contribution in [-0.4, -0.2) is 11.9 Å². The summed E-state index contributed by atoms with van der Waals surface area (Å²) >= 11 is 5.95. The molecular formula is C13H15ClN2O. The number of rotatable bonds is 4. The molecule has 1 amide bonds. The molecule has 1 atom stereocenters. The molecule has 0 aliphatic carbocycles. The highest BCUT2D eigenvalue weighted by Gasteiger charge is 2.16. The lowest BCUT2D eigenvalue weighted by Gasteiger charge is -2.15. The van der Waals surface area contributed by atoms with Gasteiger partial charge in [-0.3, -0.25) is 4.79 Å². The van der Waals surface area contributed by atoms with Crippen LogP contribution in [-0.2, 0) is 0 Å². The summed E-state index contributed by atoms with van der Waals surface area (Å²) in [7, 11) is 0. The summed E-state index contributed by atoms with van der Waals surface area (Å²) in [6.07, 6.45) is 6.48. The fourth-order valence-corrected chi connectivity index (χ4v) is 1.75. The summed E-state index contributed by atoms with van der Waals surface area (Å²) in [5.41, 5.74) is 6.40. The van der Waals surface area contributed by atoms with Crippen molar-refractivity contribution in [3.63, 3.8) is 0 Å². The first-order valence-corrected chi connectivity index (χ1v) is 5.76. The highest BCUT2D eigenvalue weighted by Crippen LogP contribution is 2.21. The number of hydrogen-bond donors (Lipinski definition) is 2. The average Bonchev–Trinajstić information content (AvgIpc) is 2.28. The van der Waals surface area contributed by atoms with E-state index in [1.807, 2.05) is 6.92 Å². The molecule has 1 aromatic rings. The minimum Gasteiger partial charge on any atom is -0.398 e. The van der Waals surface area contributed by atoms with Gasteiger partial charge in [-0.15, -0.1) is 12.3 Å². The van der Waals surface area contributed by atoms with Crippen LogP contribution in [0, 0.1) is 12.3 Å². The number of halogens is 1. The molecule has 0 aromatic heterocycles. The predicted octanol–water partition coefficient (Wildman–Crippen LogP) is 2.45. The van der Waals surface area contributed by atoms with Gasteiger partial charge in [0.1, 0.15) is 0 Å². The van der Waals surface area contributed by atoms with Crippen LogP contribution < -0.4 is 11.1 Å². The first-order valence-electron chi connectivity index (χ1n) is 5.38. The van der Waals surface area contributed by atoms with Gasteiger partial charge in [0.2, 0.25) is 0 Å². The van der Waals surface area contributed by atoms with E-state index in [1.54, 1.807) is 18.2 Å². The molecule has 0 fully saturated rings. The summed E-state index contributed by atoms with van der Waals surface area (Å²) in [5.74, 6) is 2.24. The maximum atomic E-state index is 12.0. The summed E-state index contributed by atoms with van der Waals surface area (Å²) in [5, 5.41) is 3.17. The molecule has 4 heteroatoms. The van der Waals surface area contributed by atoms with E-state index in [1.165, 1.54) is 0 Å². The SMILES string of the molecule is C#CCC(CC)NC(=O)c1c(N)cccc1Cl. The lowest BCUT2D eigenvalue weighted by atomic mass is 10.1. The first kappa shape index (κ1) is 13.4. The van der Waals surface area contributed by atoms with Gasteiger partial charge in [0.25, 0.3) is 5.91 Å². The number of amides is 1. The van der Waals surface area contributed by atoms with Crippen LogP contribution in [0.1, 0.15) is 30.1 Å². The second-order valence-electron chi connectivity index (χ2n) is 3.69. The second-order valence-corrected chi connectivity index (χ2v) is 4.10. The Morgan fingerprint density at radius 2 is 2.35 bits per heavy atom. The Balaban J connectivity index is 2.87. The Labute approximate surface area is 106 Å². The smallest absolute Gasteiger partial charge is 0.255 e. The highest BCUT2D eigenvalue weighted by molar-refractivity contribution is 6.34. The fourth-order valence-electron chi connectivity index (χ4n) is 1.48. The largest absolute Gasteiger partial charge is 0.398 e. The number of nitrogen functional groups attached to an aromatic ring is 1. The van der Waals surface area contributed by atoms with Crippen molar-refractivity contribution in [1.29, 1.82) is 0 Å². The van der Waals surface area contributed by atoms with Gasteiger partial charge >= 0.3 is 0 Å². The fraction of sp³-hybridized carbons (Fsp3) is 0.308. The Hall–Kier alpha value is -1.66. The normalized spacial score (nSPS) is 11.6. The van der Waals surface area contributed by atoms with Gasteiger partial charge in [0.05, 0.1) is 10.6 Å². The van der Waals surface area contributed by atoms with E-state index < -0.39 is 0 Å². The van der Waals surface area contributed by atoms with E-state index in [2.05, 4.69) is 11.2 Å². The number of terminal acetylenes is 1. The van der Waals surface area contributed by atoms with Gasteiger partial charge < -0.3 is 11.1 Å². The van der Waals surface area contributed by atoms with Gasteiger partial charge in [-0.05, 0) is 18.6 Å². The standard InChI is InChI=1S/C13H15ClN2O/c1-3-6-9(4-2)16-13(17)12-10(14)7-5-8-11(12)15/h1,5,7-9H,4,6,15H2,2H3,(H,16,17). The van der Waals surface area contributed by atoms with Crippen molar-refractivity contribution >= 4 is 23.2 Å². The van der Waals surface area contributed by atoms with Crippen LogP contribution in [0.4, 0.5) is 5.69 Å². The minimum absolute atomic E-state index is 0.0526. The van der Waals surface area contributed by atoms with Gasteiger partial charge in [0, 0.05) is 18.2 Å². The quantitative estimate of drug-likeness (QED) is 0.637. The molecule has 0 bridgehead atoms. The van der Waals surface area contributed by atoms with Crippen LogP contribution in [0.2, 0.25) is 5.02 Å². The lowest BCUT2D eigenvalue weighted by molar-refractivity contribution is 0.0938. The number of anilines is 1. The molecule has 0 aliphatic rings. The molecular weight excluding hydrogens is 236 g/mol. The van der Waals surface area contributed by atoms with Crippen molar-refractivity contribution in [2.24, 2.45) is 0 Å². The predicted molar refractivity (Wildman–Crippen MR) is 70.9 cm³/mol. The van der Waals surface area contributed by atoms with E-state index >= 15 is 0 Å². The molecule has 17 heavy (non-hydrogen) atoms. The van der Waals surface area contributed by atoms with Crippen molar-refractivity contribution in [2.45, 2.75) is 25.8 Å². The van der Waals surface area contributed by atoms with E-state index in [9.17, 15) is 4.79 Å². The lowest BCUT2D eigenvalue weighted by Crippen LogP contribution is -2.34. The zero-order valence-electron chi connectivity index (χ0n) is 9.66. The third-order valence-electron chi connectivity index (χ3n) is 2.47. The number of carbonyl (C=O) groups excluding carboxylic acids is 1. The van der Waals surface area contributed by atoms with E-state index in [-0.39, 0.29) is 11.9 Å². The Morgan fingerprint density at radius 1 is 1.65 bits per heavy atom. The molecule has 0 spiro atoms. The summed E-state index contributed by atoms with van der Waals surface area (Å²) < 4.78 is 0. The van der Waals surface area contributed by atoms with Crippen molar-refractivity contribution in [3.8, 4) is 12.3 Å². The maximum Gasteiger partial charge on any atom is 0.255 e. The average molecular weight is 251 g/mol. The molecule has 3 nitrogen and oxygen atoms in total. The van der Waals surface area contributed by atoms with Crippen LogP contribution in [0.5, 0.6) is 0 Å². The van der Waals surface area contributed by atoms with Crippen LogP contribution in [0.15, 0.2) is 18.2 Å². The molecule has 0 aliphatic heterocycles. The molecule has 1 aromatic carbocycles. The third kappa shape index (κ3) is 3.40. The molecule has 1 unspecified atom stereocenters.